The van der Waals surface area contributed by atoms with Crippen LogP contribution >= 0.6 is 0 Å². The highest BCUT2D eigenvalue weighted by Crippen LogP contribution is 2.20. The minimum atomic E-state index is -0.397. The lowest BCUT2D eigenvalue weighted by molar-refractivity contribution is -0.132. The molecule has 10 nitrogen and oxygen atoms in total. The van der Waals surface area contributed by atoms with E-state index < -0.39 is 6.10 Å². The third kappa shape index (κ3) is 5.71. The molecule has 0 bridgehead atoms. The molecule has 1 unspecified atom stereocenters. The average molecular weight is 482 g/mol. The molecule has 0 spiro atoms. The molecule has 4 rings (SSSR count). The van der Waals surface area contributed by atoms with Crippen LogP contribution < -0.4 is 4.74 Å². The van der Waals surface area contributed by atoms with Gasteiger partial charge in [0, 0.05) is 37.9 Å². The van der Waals surface area contributed by atoms with Crippen molar-refractivity contribution in [2.75, 3.05) is 26.7 Å². The number of hydrogen-bond donors (Lipinski definition) is 0. The summed E-state index contributed by atoms with van der Waals surface area (Å²) in [5, 5.41) is 8.19. The Hall–Kier alpha value is -3.66. The molecule has 186 valence electrons. The first-order valence-corrected chi connectivity index (χ1v) is 11.6. The maximum Gasteiger partial charge on any atom is 0.257 e. The van der Waals surface area contributed by atoms with E-state index in [1.54, 1.807) is 27.8 Å². The number of carbonyl (C=O) groups is 2. The summed E-state index contributed by atoms with van der Waals surface area (Å²) in [6.07, 6.45) is 2.84. The summed E-state index contributed by atoms with van der Waals surface area (Å²) in [7, 11) is 1.61. The Morgan fingerprint density at radius 2 is 2.09 bits per heavy atom. The molecule has 35 heavy (non-hydrogen) atoms. The lowest BCUT2D eigenvalue weighted by Crippen LogP contribution is -2.39. The number of rotatable bonds is 8. The van der Waals surface area contributed by atoms with E-state index in [1.165, 1.54) is 6.20 Å². The number of amides is 2. The monoisotopic (exact) mass is 481 g/mol. The summed E-state index contributed by atoms with van der Waals surface area (Å²) in [5.74, 6) is 1.03. The number of carbonyl (C=O) groups excluding carboxylic acids is 2. The van der Waals surface area contributed by atoms with Crippen LogP contribution in [0.1, 0.15) is 39.9 Å². The van der Waals surface area contributed by atoms with E-state index in [1.807, 2.05) is 45.0 Å². The standard InChI is InChI=1S/C25H31N5O5/c1-5-30-12-20(10-26-30)25(32)29-14-22(34-16-23-17(2)27-35-18(23)3)13-28(24(31)15-29)11-19-7-6-8-21(9-19)33-4/h6-10,12,22H,5,11,13-16H2,1-4H3. The molecule has 0 aliphatic carbocycles. The van der Waals surface area contributed by atoms with Crippen LogP contribution in [0, 0.1) is 13.8 Å². The summed E-state index contributed by atoms with van der Waals surface area (Å²) >= 11 is 0. The summed E-state index contributed by atoms with van der Waals surface area (Å²) in [4.78, 5) is 29.8. The Morgan fingerprint density at radius 3 is 2.77 bits per heavy atom. The first-order chi connectivity index (χ1) is 16.9. The highest BCUT2D eigenvalue weighted by atomic mass is 16.5. The molecule has 1 saturated heterocycles. The fourth-order valence-electron chi connectivity index (χ4n) is 4.12. The van der Waals surface area contributed by atoms with Gasteiger partial charge in [-0.1, -0.05) is 17.3 Å². The van der Waals surface area contributed by atoms with Gasteiger partial charge in [-0.3, -0.25) is 14.3 Å². The number of aromatic nitrogens is 3. The van der Waals surface area contributed by atoms with Crippen molar-refractivity contribution in [2.45, 2.75) is 46.6 Å². The maximum atomic E-state index is 13.3. The molecule has 3 heterocycles. The van der Waals surface area contributed by atoms with E-state index in [2.05, 4.69) is 10.3 Å². The van der Waals surface area contributed by atoms with E-state index in [4.69, 9.17) is 14.0 Å². The van der Waals surface area contributed by atoms with Crippen LogP contribution in [-0.2, 0) is 29.2 Å². The Bertz CT molecular complexity index is 1170. The van der Waals surface area contributed by atoms with E-state index in [9.17, 15) is 9.59 Å². The predicted octanol–water partition coefficient (Wildman–Crippen LogP) is 2.59. The van der Waals surface area contributed by atoms with Gasteiger partial charge in [0.15, 0.2) is 0 Å². The zero-order chi connectivity index (χ0) is 24.9. The fourth-order valence-corrected chi connectivity index (χ4v) is 4.12. The van der Waals surface area contributed by atoms with Gasteiger partial charge in [-0.15, -0.1) is 0 Å². The third-order valence-corrected chi connectivity index (χ3v) is 6.17. The van der Waals surface area contributed by atoms with Gasteiger partial charge in [-0.25, -0.2) is 0 Å². The lowest BCUT2D eigenvalue weighted by atomic mass is 10.2. The van der Waals surface area contributed by atoms with E-state index in [-0.39, 0.29) is 31.5 Å². The summed E-state index contributed by atoms with van der Waals surface area (Å²) in [5.41, 5.74) is 3.03. The number of methoxy groups -OCH3 is 1. The molecule has 2 aromatic heterocycles. The summed E-state index contributed by atoms with van der Waals surface area (Å²) in [6, 6.07) is 7.60. The number of nitrogens with zero attached hydrogens (tertiary/aromatic N) is 5. The highest BCUT2D eigenvalue weighted by molar-refractivity contribution is 5.96. The minimum Gasteiger partial charge on any atom is -0.497 e. The normalized spacial score (nSPS) is 16.5. The second-order valence-corrected chi connectivity index (χ2v) is 8.63. The molecule has 10 heteroatoms. The van der Waals surface area contributed by atoms with Crippen LogP contribution in [0.15, 0.2) is 41.2 Å². The molecule has 1 aliphatic rings. The molecular formula is C25H31N5O5. The van der Waals surface area contributed by atoms with Crippen LogP contribution in [0.3, 0.4) is 0 Å². The fraction of sp³-hybridized carbons (Fsp3) is 0.440. The van der Waals surface area contributed by atoms with Crippen molar-refractivity contribution >= 4 is 11.8 Å². The molecular weight excluding hydrogens is 450 g/mol. The van der Waals surface area contributed by atoms with Crippen LogP contribution in [0.5, 0.6) is 5.75 Å². The molecule has 1 aliphatic heterocycles. The van der Waals surface area contributed by atoms with Gasteiger partial charge in [-0.2, -0.15) is 5.10 Å². The SMILES string of the molecule is CCn1cc(C(=O)N2CC(=O)N(Cc3cccc(OC)c3)CC(OCc3c(C)noc3C)C2)cn1. The molecule has 0 N–H and O–H groups in total. The Morgan fingerprint density at radius 1 is 1.26 bits per heavy atom. The molecule has 1 fully saturated rings. The van der Waals surface area contributed by atoms with Crippen molar-refractivity contribution < 1.29 is 23.6 Å². The third-order valence-electron chi connectivity index (χ3n) is 6.17. The summed E-state index contributed by atoms with van der Waals surface area (Å²) in [6.45, 7) is 7.56. The van der Waals surface area contributed by atoms with Crippen LogP contribution in [-0.4, -0.2) is 69.4 Å². The van der Waals surface area contributed by atoms with Crippen LogP contribution in [0.2, 0.25) is 0 Å². The molecule has 3 aromatic rings. The van der Waals surface area contributed by atoms with Crippen molar-refractivity contribution in [2.24, 2.45) is 0 Å². The number of ether oxygens (including phenoxy) is 2. The number of hydrogen-bond acceptors (Lipinski definition) is 7. The van der Waals surface area contributed by atoms with Gasteiger partial charge in [0.2, 0.25) is 5.91 Å². The molecule has 2 amide bonds. The maximum absolute atomic E-state index is 13.3. The zero-order valence-corrected chi connectivity index (χ0v) is 20.6. The van der Waals surface area contributed by atoms with Crippen molar-refractivity contribution in [3.8, 4) is 5.75 Å². The molecule has 0 saturated carbocycles. The van der Waals surface area contributed by atoms with E-state index >= 15 is 0 Å². The van der Waals surface area contributed by atoms with Gasteiger partial charge in [0.05, 0.1) is 37.3 Å². The van der Waals surface area contributed by atoms with E-state index in [0.717, 1.165) is 22.6 Å². The quantitative estimate of drug-likeness (QED) is 0.487. The second-order valence-electron chi connectivity index (χ2n) is 8.63. The molecule has 0 radical (unpaired) electrons. The average Bonchev–Trinajstić information content (AvgIpc) is 3.43. The first kappa shape index (κ1) is 24.5. The largest absolute Gasteiger partial charge is 0.497 e. The first-order valence-electron chi connectivity index (χ1n) is 11.6. The van der Waals surface area contributed by atoms with Crippen molar-refractivity contribution in [1.82, 2.24) is 24.7 Å². The Balaban J connectivity index is 1.56. The van der Waals surface area contributed by atoms with Gasteiger partial charge in [-0.05, 0) is 38.5 Å². The lowest BCUT2D eigenvalue weighted by Gasteiger charge is -2.25. The minimum absolute atomic E-state index is 0.0364. The predicted molar refractivity (Wildman–Crippen MR) is 127 cm³/mol. The smallest absolute Gasteiger partial charge is 0.257 e. The van der Waals surface area contributed by atoms with Gasteiger partial charge >= 0.3 is 0 Å². The van der Waals surface area contributed by atoms with Crippen molar-refractivity contribution in [1.29, 1.82) is 0 Å². The Labute approximate surface area is 204 Å². The van der Waals surface area contributed by atoms with Crippen LogP contribution in [0.4, 0.5) is 0 Å². The van der Waals surface area contributed by atoms with Gasteiger partial charge in [0.25, 0.3) is 5.91 Å². The number of benzene rings is 1. The van der Waals surface area contributed by atoms with Crippen LogP contribution in [0.25, 0.3) is 0 Å². The van der Waals surface area contributed by atoms with Gasteiger partial charge < -0.3 is 23.8 Å². The summed E-state index contributed by atoms with van der Waals surface area (Å²) < 4.78 is 18.5. The Kier molecular flexibility index (Phi) is 7.50. The second kappa shape index (κ2) is 10.7. The van der Waals surface area contributed by atoms with Crippen molar-refractivity contribution in [3.63, 3.8) is 0 Å². The van der Waals surface area contributed by atoms with E-state index in [0.29, 0.717) is 31.0 Å². The number of aryl methyl sites for hydroxylation is 3. The molecule has 1 aromatic carbocycles. The van der Waals surface area contributed by atoms with Crippen molar-refractivity contribution in [3.05, 3.63) is 64.8 Å². The topological polar surface area (TPSA) is 103 Å². The zero-order valence-electron chi connectivity index (χ0n) is 20.6. The van der Waals surface area contributed by atoms with Gasteiger partial charge in [0.1, 0.15) is 18.1 Å². The highest BCUT2D eigenvalue weighted by Gasteiger charge is 2.32. The molecule has 1 atom stereocenters.